The summed E-state index contributed by atoms with van der Waals surface area (Å²) in [5, 5.41) is 5.32. The minimum absolute atomic E-state index is 0.0967. The third-order valence-corrected chi connectivity index (χ3v) is 4.87. The van der Waals surface area contributed by atoms with Crippen LogP contribution in [0.2, 0.25) is 0 Å². The molecule has 0 unspecified atom stereocenters. The summed E-state index contributed by atoms with van der Waals surface area (Å²) in [5.74, 6) is -1.06. The van der Waals surface area contributed by atoms with E-state index >= 15 is 0 Å². The number of halogens is 3. The Hall–Kier alpha value is -3.46. The van der Waals surface area contributed by atoms with E-state index in [9.17, 15) is 18.4 Å². The topological polar surface area (TPSA) is 76.7 Å². The highest BCUT2D eigenvalue weighted by atomic mass is 79.9. The van der Waals surface area contributed by atoms with Gasteiger partial charge in [-0.1, -0.05) is 24.3 Å². The molecule has 0 heterocycles. The van der Waals surface area contributed by atoms with Gasteiger partial charge in [-0.2, -0.15) is 8.78 Å². The number of carbonyl (C=O) groups is 2. The van der Waals surface area contributed by atoms with Crippen LogP contribution in [0.3, 0.4) is 0 Å². The highest BCUT2D eigenvalue weighted by Crippen LogP contribution is 2.32. The molecular weight excluding hydrogens is 474 g/mol. The molecule has 3 aromatic rings. The number of para-hydroxylation sites is 1. The van der Waals surface area contributed by atoms with Gasteiger partial charge in [-0.05, 0) is 52.3 Å². The number of nitrogens with one attached hydrogen (secondary N) is 2. The Labute approximate surface area is 185 Å². The maximum atomic E-state index is 12.8. The molecule has 160 valence electrons. The van der Waals surface area contributed by atoms with Gasteiger partial charge < -0.3 is 20.1 Å². The highest BCUT2D eigenvalue weighted by Gasteiger charge is 2.17. The third-order valence-electron chi connectivity index (χ3n) is 4.18. The average molecular weight is 491 g/mol. The zero-order valence-corrected chi connectivity index (χ0v) is 17.8. The number of methoxy groups -OCH3 is 1. The first-order chi connectivity index (χ1) is 14.9. The molecule has 6 nitrogen and oxygen atoms in total. The Bertz CT molecular complexity index is 1110. The van der Waals surface area contributed by atoms with Crippen molar-refractivity contribution < 1.29 is 27.8 Å². The van der Waals surface area contributed by atoms with Crippen LogP contribution in [0.1, 0.15) is 20.7 Å². The lowest BCUT2D eigenvalue weighted by Gasteiger charge is -2.14. The fourth-order valence-electron chi connectivity index (χ4n) is 2.77. The van der Waals surface area contributed by atoms with Gasteiger partial charge in [-0.25, -0.2) is 0 Å². The van der Waals surface area contributed by atoms with E-state index in [2.05, 4.69) is 31.3 Å². The summed E-state index contributed by atoms with van der Waals surface area (Å²) >= 11 is 3.32. The van der Waals surface area contributed by atoms with Crippen molar-refractivity contribution in [1.82, 2.24) is 0 Å². The molecule has 3 aromatic carbocycles. The lowest BCUT2D eigenvalue weighted by atomic mass is 10.1. The van der Waals surface area contributed by atoms with Gasteiger partial charge in [0.2, 0.25) is 0 Å². The predicted molar refractivity (Wildman–Crippen MR) is 116 cm³/mol. The first kappa shape index (κ1) is 22.2. The van der Waals surface area contributed by atoms with Crippen molar-refractivity contribution in [2.24, 2.45) is 0 Å². The molecular formula is C22H17BrF2N2O4. The molecule has 0 fully saturated rings. The number of rotatable bonds is 7. The molecule has 0 spiro atoms. The van der Waals surface area contributed by atoms with Gasteiger partial charge in [0.25, 0.3) is 11.8 Å². The van der Waals surface area contributed by atoms with Crippen molar-refractivity contribution in [3.63, 3.8) is 0 Å². The number of hydrogen-bond donors (Lipinski definition) is 2. The number of carbonyl (C=O) groups excluding carboxylic acids is 2. The molecule has 0 aliphatic carbocycles. The standard InChI is InChI=1S/C22H17BrF2N2O4/c1-30-18-11-10-13(12-19(18)31-22(24)25)26-21(29)15-7-3-5-9-17(15)27-20(28)14-6-2-4-8-16(14)23/h2-12,22H,1H3,(H,26,29)(H,27,28). The van der Waals surface area contributed by atoms with Crippen LogP contribution in [-0.2, 0) is 0 Å². The Morgan fingerprint density at radius 2 is 1.52 bits per heavy atom. The molecule has 9 heteroatoms. The van der Waals surface area contributed by atoms with Crippen molar-refractivity contribution in [3.05, 3.63) is 82.3 Å². The maximum Gasteiger partial charge on any atom is 0.387 e. The molecule has 0 radical (unpaired) electrons. The van der Waals surface area contributed by atoms with Gasteiger partial charge in [0, 0.05) is 16.2 Å². The summed E-state index contributed by atoms with van der Waals surface area (Å²) < 4.78 is 35.3. The fraction of sp³-hybridized carbons (Fsp3) is 0.0909. The van der Waals surface area contributed by atoms with Crippen LogP contribution in [0.5, 0.6) is 11.5 Å². The first-order valence-corrected chi connectivity index (χ1v) is 9.77. The molecule has 0 saturated heterocycles. The van der Waals surface area contributed by atoms with Crippen LogP contribution in [0.25, 0.3) is 0 Å². The summed E-state index contributed by atoms with van der Waals surface area (Å²) in [7, 11) is 1.32. The number of alkyl halides is 2. The van der Waals surface area contributed by atoms with E-state index < -0.39 is 18.4 Å². The van der Waals surface area contributed by atoms with Crippen molar-refractivity contribution in [1.29, 1.82) is 0 Å². The van der Waals surface area contributed by atoms with Crippen molar-refractivity contribution in [2.45, 2.75) is 6.61 Å². The molecule has 2 amide bonds. The number of benzene rings is 3. The Morgan fingerprint density at radius 1 is 0.871 bits per heavy atom. The summed E-state index contributed by atoms with van der Waals surface area (Å²) in [5.41, 5.74) is 1.10. The molecule has 2 N–H and O–H groups in total. The second-order valence-corrected chi connectivity index (χ2v) is 7.03. The third kappa shape index (κ3) is 5.58. The van der Waals surface area contributed by atoms with E-state index in [1.54, 1.807) is 42.5 Å². The summed E-state index contributed by atoms with van der Waals surface area (Å²) in [6.45, 7) is -3.05. The zero-order chi connectivity index (χ0) is 22.4. The van der Waals surface area contributed by atoms with Crippen LogP contribution in [0.4, 0.5) is 20.2 Å². The number of hydrogen-bond acceptors (Lipinski definition) is 4. The molecule has 31 heavy (non-hydrogen) atoms. The van der Waals surface area contributed by atoms with Crippen molar-refractivity contribution in [3.8, 4) is 11.5 Å². The monoisotopic (exact) mass is 490 g/mol. The molecule has 0 saturated carbocycles. The molecule has 0 aromatic heterocycles. The van der Waals surface area contributed by atoms with Crippen LogP contribution in [0, 0.1) is 0 Å². The van der Waals surface area contributed by atoms with Crippen LogP contribution in [-0.4, -0.2) is 25.5 Å². The largest absolute Gasteiger partial charge is 0.493 e. The molecule has 0 aliphatic rings. The van der Waals surface area contributed by atoms with E-state index in [0.29, 0.717) is 15.7 Å². The van der Waals surface area contributed by atoms with Gasteiger partial charge in [0.1, 0.15) is 0 Å². The number of anilines is 2. The van der Waals surface area contributed by atoms with Gasteiger partial charge in [0.05, 0.1) is 23.9 Å². The number of amides is 2. The van der Waals surface area contributed by atoms with Crippen molar-refractivity contribution >= 4 is 39.1 Å². The van der Waals surface area contributed by atoms with E-state index in [-0.39, 0.29) is 22.7 Å². The summed E-state index contributed by atoms with van der Waals surface area (Å²) in [4.78, 5) is 25.4. The van der Waals surface area contributed by atoms with E-state index in [4.69, 9.17) is 4.74 Å². The van der Waals surface area contributed by atoms with E-state index in [0.717, 1.165) is 0 Å². The fourth-order valence-corrected chi connectivity index (χ4v) is 3.23. The first-order valence-electron chi connectivity index (χ1n) is 8.98. The highest BCUT2D eigenvalue weighted by molar-refractivity contribution is 9.10. The Balaban J connectivity index is 1.82. The Kier molecular flexibility index (Phi) is 7.19. The Morgan fingerprint density at radius 3 is 2.19 bits per heavy atom. The predicted octanol–water partition coefficient (Wildman–Crippen LogP) is 5.56. The minimum Gasteiger partial charge on any atom is -0.493 e. The van der Waals surface area contributed by atoms with E-state index in [1.165, 1.54) is 31.4 Å². The zero-order valence-electron chi connectivity index (χ0n) is 16.2. The van der Waals surface area contributed by atoms with Gasteiger partial charge in [0.15, 0.2) is 11.5 Å². The van der Waals surface area contributed by atoms with Crippen LogP contribution in [0.15, 0.2) is 71.2 Å². The molecule has 0 bridgehead atoms. The lowest BCUT2D eigenvalue weighted by molar-refractivity contribution is -0.0511. The van der Waals surface area contributed by atoms with Crippen LogP contribution < -0.4 is 20.1 Å². The lowest BCUT2D eigenvalue weighted by Crippen LogP contribution is -2.18. The van der Waals surface area contributed by atoms with Crippen LogP contribution >= 0.6 is 15.9 Å². The molecule has 0 atom stereocenters. The molecule has 3 rings (SSSR count). The van der Waals surface area contributed by atoms with Crippen molar-refractivity contribution in [2.75, 3.05) is 17.7 Å². The van der Waals surface area contributed by atoms with Gasteiger partial charge in [-0.15, -0.1) is 0 Å². The van der Waals surface area contributed by atoms with E-state index in [1.807, 2.05) is 0 Å². The smallest absolute Gasteiger partial charge is 0.387 e. The maximum absolute atomic E-state index is 12.8. The minimum atomic E-state index is -3.05. The second-order valence-electron chi connectivity index (χ2n) is 6.18. The second kappa shape index (κ2) is 10.0. The summed E-state index contributed by atoms with van der Waals surface area (Å²) in [6.07, 6.45) is 0. The van der Waals surface area contributed by atoms with Gasteiger partial charge >= 0.3 is 6.61 Å². The SMILES string of the molecule is COc1ccc(NC(=O)c2ccccc2NC(=O)c2ccccc2Br)cc1OC(F)F. The molecule has 0 aliphatic heterocycles. The van der Waals surface area contributed by atoms with Gasteiger partial charge in [-0.3, -0.25) is 9.59 Å². The average Bonchev–Trinajstić information content (AvgIpc) is 2.74. The summed E-state index contributed by atoms with van der Waals surface area (Å²) in [6, 6.07) is 17.4. The quantitative estimate of drug-likeness (QED) is 0.454. The normalized spacial score (nSPS) is 10.5. The number of ether oxygens (including phenoxy) is 2.